The minimum Gasteiger partial charge on any atom is -0.465 e. The molecule has 0 aliphatic carbocycles. The lowest BCUT2D eigenvalue weighted by Gasteiger charge is -2.16. The second kappa shape index (κ2) is 5.18. The molecule has 1 aromatic rings. The molecule has 0 N–H and O–H groups in total. The number of epoxide rings is 1. The van der Waals surface area contributed by atoms with Crippen LogP contribution in [0.15, 0.2) is 24.3 Å². The first kappa shape index (κ1) is 12.6. The summed E-state index contributed by atoms with van der Waals surface area (Å²) in [5.41, 5.74) is 1.46. The van der Waals surface area contributed by atoms with Gasteiger partial charge in [0.05, 0.1) is 19.3 Å². The molecule has 0 saturated carbocycles. The molecular formula is C13H15NO4. The molecule has 0 aromatic heterocycles. The molecule has 96 valence electrons. The maximum absolute atomic E-state index is 11.7. The Morgan fingerprint density at radius 3 is 2.50 bits per heavy atom. The standard InChI is InChI=1S/C13H15NO4/c1-14(12(15)11-8-18-11)7-9-3-5-10(6-4-9)13(16)17-2/h3-6,11H,7-8H2,1-2H3. The Hall–Kier alpha value is -1.88. The van der Waals surface area contributed by atoms with Gasteiger partial charge in [-0.05, 0) is 17.7 Å². The number of esters is 1. The summed E-state index contributed by atoms with van der Waals surface area (Å²) >= 11 is 0. The van der Waals surface area contributed by atoms with Crippen molar-refractivity contribution >= 4 is 11.9 Å². The smallest absolute Gasteiger partial charge is 0.337 e. The highest BCUT2D eigenvalue weighted by Gasteiger charge is 2.33. The van der Waals surface area contributed by atoms with Gasteiger partial charge in [-0.15, -0.1) is 0 Å². The first-order chi connectivity index (χ1) is 8.61. The number of carbonyl (C=O) groups excluding carboxylic acids is 2. The van der Waals surface area contributed by atoms with Gasteiger partial charge in [0.25, 0.3) is 5.91 Å². The Labute approximate surface area is 105 Å². The molecule has 0 spiro atoms. The van der Waals surface area contributed by atoms with Gasteiger partial charge in [-0.25, -0.2) is 4.79 Å². The van der Waals surface area contributed by atoms with Crippen molar-refractivity contribution in [2.45, 2.75) is 12.6 Å². The molecule has 1 saturated heterocycles. The van der Waals surface area contributed by atoms with E-state index >= 15 is 0 Å². The van der Waals surface area contributed by atoms with Crippen molar-refractivity contribution in [3.63, 3.8) is 0 Å². The molecule has 18 heavy (non-hydrogen) atoms. The lowest BCUT2D eigenvalue weighted by atomic mass is 10.1. The molecule has 1 aliphatic rings. The third kappa shape index (κ3) is 2.87. The van der Waals surface area contributed by atoms with Crippen molar-refractivity contribution in [1.29, 1.82) is 0 Å². The van der Waals surface area contributed by atoms with Crippen molar-refractivity contribution in [2.24, 2.45) is 0 Å². The Morgan fingerprint density at radius 1 is 1.39 bits per heavy atom. The topological polar surface area (TPSA) is 59.1 Å². The van der Waals surface area contributed by atoms with E-state index in [1.54, 1.807) is 24.1 Å². The highest BCUT2D eigenvalue weighted by molar-refractivity contribution is 5.89. The van der Waals surface area contributed by atoms with Gasteiger partial charge in [0.2, 0.25) is 0 Å². The van der Waals surface area contributed by atoms with Crippen molar-refractivity contribution < 1.29 is 19.1 Å². The summed E-state index contributed by atoms with van der Waals surface area (Å²) in [4.78, 5) is 24.5. The third-order valence-electron chi connectivity index (χ3n) is 2.78. The van der Waals surface area contributed by atoms with Gasteiger partial charge in [-0.2, -0.15) is 0 Å². The number of nitrogens with zero attached hydrogens (tertiary/aromatic N) is 1. The monoisotopic (exact) mass is 249 g/mol. The SMILES string of the molecule is COC(=O)c1ccc(CN(C)C(=O)C2CO2)cc1. The van der Waals surface area contributed by atoms with Crippen LogP contribution < -0.4 is 0 Å². The Kier molecular flexibility index (Phi) is 3.62. The number of amides is 1. The predicted octanol–water partition coefficient (Wildman–Crippen LogP) is 0.830. The quantitative estimate of drug-likeness (QED) is 0.586. The van der Waals surface area contributed by atoms with Crippen LogP contribution in [0.2, 0.25) is 0 Å². The number of methoxy groups -OCH3 is 1. The number of carbonyl (C=O) groups is 2. The molecule has 1 unspecified atom stereocenters. The van der Waals surface area contributed by atoms with Crippen LogP contribution in [-0.4, -0.2) is 43.6 Å². The second-order valence-electron chi connectivity index (χ2n) is 4.20. The van der Waals surface area contributed by atoms with E-state index in [0.717, 1.165) is 5.56 Å². The zero-order valence-corrected chi connectivity index (χ0v) is 10.4. The first-order valence-corrected chi connectivity index (χ1v) is 5.65. The van der Waals surface area contributed by atoms with Crippen molar-refractivity contribution in [2.75, 3.05) is 20.8 Å². The lowest BCUT2D eigenvalue weighted by Crippen LogP contribution is -2.30. The fraction of sp³-hybridized carbons (Fsp3) is 0.385. The van der Waals surface area contributed by atoms with E-state index < -0.39 is 0 Å². The van der Waals surface area contributed by atoms with Gasteiger partial charge >= 0.3 is 5.97 Å². The fourth-order valence-corrected chi connectivity index (χ4v) is 1.65. The van der Waals surface area contributed by atoms with Crippen molar-refractivity contribution in [1.82, 2.24) is 4.90 Å². The van der Waals surface area contributed by atoms with Gasteiger partial charge in [-0.1, -0.05) is 12.1 Å². The Morgan fingerprint density at radius 2 is 2.00 bits per heavy atom. The third-order valence-corrected chi connectivity index (χ3v) is 2.78. The summed E-state index contributed by atoms with van der Waals surface area (Å²) in [6.07, 6.45) is -0.260. The van der Waals surface area contributed by atoms with E-state index in [1.165, 1.54) is 7.11 Å². The van der Waals surface area contributed by atoms with Crippen LogP contribution in [0.3, 0.4) is 0 Å². The first-order valence-electron chi connectivity index (χ1n) is 5.65. The maximum Gasteiger partial charge on any atom is 0.337 e. The number of benzene rings is 1. The van der Waals surface area contributed by atoms with Gasteiger partial charge in [0, 0.05) is 13.6 Å². The van der Waals surface area contributed by atoms with Crippen LogP contribution in [0.1, 0.15) is 15.9 Å². The van der Waals surface area contributed by atoms with Gasteiger partial charge in [0.1, 0.15) is 0 Å². The zero-order valence-electron chi connectivity index (χ0n) is 10.4. The van der Waals surface area contributed by atoms with Crippen LogP contribution in [0.25, 0.3) is 0 Å². The normalized spacial score (nSPS) is 17.1. The highest BCUT2D eigenvalue weighted by atomic mass is 16.6. The summed E-state index contributed by atoms with van der Waals surface area (Å²) in [6, 6.07) is 6.99. The number of hydrogen-bond acceptors (Lipinski definition) is 4. The highest BCUT2D eigenvalue weighted by Crippen LogP contribution is 2.14. The van der Waals surface area contributed by atoms with Gasteiger partial charge in [-0.3, -0.25) is 4.79 Å². The van der Waals surface area contributed by atoms with Crippen LogP contribution in [0, 0.1) is 0 Å². The maximum atomic E-state index is 11.7. The van der Waals surface area contributed by atoms with E-state index in [2.05, 4.69) is 4.74 Å². The van der Waals surface area contributed by atoms with E-state index in [9.17, 15) is 9.59 Å². The lowest BCUT2D eigenvalue weighted by molar-refractivity contribution is -0.131. The number of likely N-dealkylation sites (N-methyl/N-ethyl adjacent to an activating group) is 1. The van der Waals surface area contributed by atoms with Gasteiger partial charge < -0.3 is 14.4 Å². The summed E-state index contributed by atoms with van der Waals surface area (Å²) in [5, 5.41) is 0. The zero-order chi connectivity index (χ0) is 13.1. The van der Waals surface area contributed by atoms with E-state index in [0.29, 0.717) is 18.7 Å². The second-order valence-corrected chi connectivity index (χ2v) is 4.20. The molecule has 1 atom stereocenters. The van der Waals surface area contributed by atoms with E-state index in [4.69, 9.17) is 4.74 Å². The van der Waals surface area contributed by atoms with Crippen LogP contribution in [-0.2, 0) is 20.8 Å². The van der Waals surface area contributed by atoms with E-state index in [-0.39, 0.29) is 18.0 Å². The molecule has 1 amide bonds. The molecule has 5 heteroatoms. The minimum atomic E-state index is -0.364. The molecule has 2 rings (SSSR count). The Bertz CT molecular complexity index is 451. The molecule has 1 aliphatic heterocycles. The molecule has 1 heterocycles. The van der Waals surface area contributed by atoms with Crippen LogP contribution >= 0.6 is 0 Å². The minimum absolute atomic E-state index is 0.00737. The van der Waals surface area contributed by atoms with Crippen LogP contribution in [0.4, 0.5) is 0 Å². The number of hydrogen-bond donors (Lipinski definition) is 0. The summed E-state index contributed by atoms with van der Waals surface area (Å²) < 4.78 is 9.56. The average Bonchev–Trinajstić information content (AvgIpc) is 3.22. The number of ether oxygens (including phenoxy) is 2. The van der Waals surface area contributed by atoms with E-state index in [1.807, 2.05) is 12.1 Å². The molecule has 0 radical (unpaired) electrons. The van der Waals surface area contributed by atoms with Crippen LogP contribution in [0.5, 0.6) is 0 Å². The largest absolute Gasteiger partial charge is 0.465 e. The van der Waals surface area contributed by atoms with Crippen molar-refractivity contribution in [3.05, 3.63) is 35.4 Å². The number of rotatable bonds is 4. The predicted molar refractivity (Wildman–Crippen MR) is 64.0 cm³/mol. The molecular weight excluding hydrogens is 234 g/mol. The van der Waals surface area contributed by atoms with Gasteiger partial charge in [0.15, 0.2) is 6.10 Å². The summed E-state index contributed by atoms with van der Waals surface area (Å²) in [5.74, 6) is -0.371. The summed E-state index contributed by atoms with van der Waals surface area (Å²) in [7, 11) is 3.08. The fourth-order valence-electron chi connectivity index (χ4n) is 1.65. The molecule has 1 fully saturated rings. The molecule has 1 aromatic carbocycles. The average molecular weight is 249 g/mol. The summed E-state index contributed by atoms with van der Waals surface area (Å²) in [6.45, 7) is 1.02. The molecule has 5 nitrogen and oxygen atoms in total. The Balaban J connectivity index is 1.97. The van der Waals surface area contributed by atoms with Crippen molar-refractivity contribution in [3.8, 4) is 0 Å². The molecule has 0 bridgehead atoms.